The summed E-state index contributed by atoms with van der Waals surface area (Å²) >= 11 is 0. The Labute approximate surface area is 300 Å². The predicted molar refractivity (Wildman–Crippen MR) is 211 cm³/mol. The zero-order chi connectivity index (χ0) is 34.4. The average Bonchev–Trinajstić information content (AvgIpc) is 3.44. The SMILES string of the molecule is CC1(C)c2ccccc2-c2ccc(-c3cccc(-c4cccc(C5=NC(c6cccc(-c7ccccc7)c6)NC(c6ccccc6)N5)c4)c3)cc21. The van der Waals surface area contributed by atoms with Gasteiger partial charge in [-0.05, 0) is 91.0 Å². The second kappa shape index (κ2) is 12.7. The van der Waals surface area contributed by atoms with Gasteiger partial charge in [0.1, 0.15) is 18.2 Å². The lowest BCUT2D eigenvalue weighted by Crippen LogP contribution is -2.44. The Bertz CT molecular complexity index is 2410. The molecule has 1 aliphatic carbocycles. The summed E-state index contributed by atoms with van der Waals surface area (Å²) in [6.45, 7) is 4.68. The molecular formula is C48H39N3. The van der Waals surface area contributed by atoms with Gasteiger partial charge in [-0.2, -0.15) is 0 Å². The third-order valence-electron chi connectivity index (χ3n) is 10.6. The molecule has 2 unspecified atom stereocenters. The highest BCUT2D eigenvalue weighted by Gasteiger charge is 2.35. The lowest BCUT2D eigenvalue weighted by Gasteiger charge is -2.32. The number of amidine groups is 1. The molecule has 1 heterocycles. The Morgan fingerprint density at radius 1 is 0.431 bits per heavy atom. The van der Waals surface area contributed by atoms with Crippen molar-refractivity contribution in [3.8, 4) is 44.5 Å². The van der Waals surface area contributed by atoms with Gasteiger partial charge in [-0.3, -0.25) is 5.32 Å². The summed E-state index contributed by atoms with van der Waals surface area (Å²) in [5.41, 5.74) is 16.0. The first-order chi connectivity index (χ1) is 25.0. The second-order valence-electron chi connectivity index (χ2n) is 14.1. The fraction of sp³-hybridized carbons (Fsp3) is 0.104. The predicted octanol–water partition coefficient (Wildman–Crippen LogP) is 11.3. The van der Waals surface area contributed by atoms with E-state index in [0.29, 0.717) is 0 Å². The van der Waals surface area contributed by atoms with Gasteiger partial charge in [0.2, 0.25) is 0 Å². The van der Waals surface area contributed by atoms with Crippen LogP contribution in [0.3, 0.4) is 0 Å². The lowest BCUT2D eigenvalue weighted by atomic mass is 9.81. The molecule has 0 spiro atoms. The van der Waals surface area contributed by atoms with Crippen LogP contribution in [0.25, 0.3) is 44.5 Å². The van der Waals surface area contributed by atoms with E-state index in [1.54, 1.807) is 0 Å². The molecule has 0 fully saturated rings. The summed E-state index contributed by atoms with van der Waals surface area (Å²) in [7, 11) is 0. The summed E-state index contributed by atoms with van der Waals surface area (Å²) < 4.78 is 0. The van der Waals surface area contributed by atoms with Crippen LogP contribution in [-0.2, 0) is 5.41 Å². The molecule has 0 saturated carbocycles. The van der Waals surface area contributed by atoms with Gasteiger partial charge in [0.05, 0.1) is 0 Å². The maximum Gasteiger partial charge on any atom is 0.131 e. The quantitative estimate of drug-likeness (QED) is 0.187. The zero-order valence-electron chi connectivity index (χ0n) is 28.8. The Hall–Kier alpha value is -6.03. The summed E-state index contributed by atoms with van der Waals surface area (Å²) in [6.07, 6.45) is -0.330. The second-order valence-corrected chi connectivity index (χ2v) is 14.1. The molecule has 7 aromatic rings. The fourth-order valence-corrected chi connectivity index (χ4v) is 7.82. The van der Waals surface area contributed by atoms with Crippen molar-refractivity contribution in [3.63, 3.8) is 0 Å². The third kappa shape index (κ3) is 5.76. The molecule has 7 aromatic carbocycles. The van der Waals surface area contributed by atoms with Crippen molar-refractivity contribution in [2.75, 3.05) is 0 Å². The molecule has 0 saturated heterocycles. The van der Waals surface area contributed by atoms with Crippen LogP contribution in [0.1, 0.15) is 54.0 Å². The standard InChI is InChI=1S/C48H39N3/c1-48(2)43-25-10-9-24-41(43)42-27-26-38(31-44(42)48)36-20-11-19-35(28-36)37-21-13-23-40(30-37)47-50-45(33-16-7-4-8-17-33)49-46(51-47)39-22-12-18-34(29-39)32-14-5-3-6-15-32/h3-31,45-46,49H,1-2H3,(H,50,51). The van der Waals surface area contributed by atoms with Gasteiger partial charge >= 0.3 is 0 Å². The number of nitrogens with one attached hydrogen (secondary N) is 2. The van der Waals surface area contributed by atoms with E-state index in [4.69, 9.17) is 4.99 Å². The Morgan fingerprint density at radius 3 is 1.71 bits per heavy atom. The van der Waals surface area contributed by atoms with E-state index >= 15 is 0 Å². The van der Waals surface area contributed by atoms with Gasteiger partial charge in [-0.15, -0.1) is 0 Å². The van der Waals surface area contributed by atoms with Crippen molar-refractivity contribution in [2.45, 2.75) is 31.6 Å². The molecule has 246 valence electrons. The van der Waals surface area contributed by atoms with Crippen LogP contribution in [0.5, 0.6) is 0 Å². The number of benzene rings is 7. The first kappa shape index (κ1) is 31.0. The van der Waals surface area contributed by atoms with Gasteiger partial charge in [-0.25, -0.2) is 4.99 Å². The highest BCUT2D eigenvalue weighted by molar-refractivity contribution is 6.00. The number of rotatable bonds is 6. The highest BCUT2D eigenvalue weighted by atomic mass is 15.3. The Kier molecular flexibility index (Phi) is 7.71. The normalized spacial score (nSPS) is 17.2. The summed E-state index contributed by atoms with van der Waals surface area (Å²) in [5.74, 6) is 0.871. The molecule has 0 bridgehead atoms. The van der Waals surface area contributed by atoms with Crippen molar-refractivity contribution in [1.29, 1.82) is 0 Å². The van der Waals surface area contributed by atoms with Crippen LogP contribution in [0.4, 0.5) is 0 Å². The first-order valence-corrected chi connectivity index (χ1v) is 17.8. The van der Waals surface area contributed by atoms with Crippen molar-refractivity contribution in [1.82, 2.24) is 10.6 Å². The highest BCUT2D eigenvalue weighted by Crippen LogP contribution is 2.49. The van der Waals surface area contributed by atoms with E-state index in [0.717, 1.165) is 22.5 Å². The molecule has 0 radical (unpaired) electrons. The number of hydrogen-bond donors (Lipinski definition) is 2. The van der Waals surface area contributed by atoms with E-state index in [1.165, 1.54) is 55.6 Å². The number of hydrogen-bond acceptors (Lipinski definition) is 3. The number of fused-ring (bicyclic) bond motifs is 3. The minimum atomic E-state index is -0.225. The van der Waals surface area contributed by atoms with Crippen molar-refractivity contribution in [2.24, 2.45) is 4.99 Å². The van der Waals surface area contributed by atoms with Crippen LogP contribution >= 0.6 is 0 Å². The topological polar surface area (TPSA) is 36.4 Å². The van der Waals surface area contributed by atoms with Crippen LogP contribution < -0.4 is 10.6 Å². The molecule has 1 aliphatic heterocycles. The molecule has 0 aromatic heterocycles. The molecule has 0 amide bonds. The maximum atomic E-state index is 5.29. The van der Waals surface area contributed by atoms with Crippen molar-refractivity contribution >= 4 is 5.84 Å². The molecule has 2 atom stereocenters. The van der Waals surface area contributed by atoms with Crippen LogP contribution in [0.2, 0.25) is 0 Å². The van der Waals surface area contributed by atoms with Crippen LogP contribution in [0, 0.1) is 0 Å². The Balaban J connectivity index is 1.06. The summed E-state index contributed by atoms with van der Waals surface area (Å²) in [6, 6.07) is 63.3. The van der Waals surface area contributed by atoms with Crippen molar-refractivity contribution in [3.05, 3.63) is 204 Å². The third-order valence-corrected chi connectivity index (χ3v) is 10.6. The van der Waals surface area contributed by atoms with Crippen LogP contribution in [-0.4, -0.2) is 5.84 Å². The van der Waals surface area contributed by atoms with Gasteiger partial charge in [0.25, 0.3) is 0 Å². The molecular weight excluding hydrogens is 619 g/mol. The molecule has 9 rings (SSSR count). The zero-order valence-corrected chi connectivity index (χ0v) is 28.8. The monoisotopic (exact) mass is 657 g/mol. The number of nitrogens with zero attached hydrogens (tertiary/aromatic N) is 1. The first-order valence-electron chi connectivity index (χ1n) is 17.8. The molecule has 3 nitrogen and oxygen atoms in total. The van der Waals surface area contributed by atoms with Gasteiger partial charge in [-0.1, -0.05) is 166 Å². The average molecular weight is 658 g/mol. The van der Waals surface area contributed by atoms with E-state index in [9.17, 15) is 0 Å². The van der Waals surface area contributed by atoms with Gasteiger partial charge < -0.3 is 5.32 Å². The summed E-state index contributed by atoms with van der Waals surface area (Å²) in [4.78, 5) is 5.29. The van der Waals surface area contributed by atoms with Crippen molar-refractivity contribution < 1.29 is 0 Å². The van der Waals surface area contributed by atoms with E-state index in [2.05, 4.69) is 200 Å². The number of aliphatic imine (C=N–C) groups is 1. The van der Waals surface area contributed by atoms with Gasteiger partial charge in [0.15, 0.2) is 0 Å². The Morgan fingerprint density at radius 2 is 0.961 bits per heavy atom. The van der Waals surface area contributed by atoms with E-state index < -0.39 is 0 Å². The van der Waals surface area contributed by atoms with Gasteiger partial charge in [0, 0.05) is 11.0 Å². The molecule has 2 N–H and O–H groups in total. The molecule has 2 aliphatic rings. The minimum Gasteiger partial charge on any atom is -0.350 e. The minimum absolute atomic E-state index is 0.0329. The van der Waals surface area contributed by atoms with E-state index in [-0.39, 0.29) is 17.7 Å². The molecule has 3 heteroatoms. The van der Waals surface area contributed by atoms with Crippen LogP contribution in [0.15, 0.2) is 181 Å². The fourth-order valence-electron chi connectivity index (χ4n) is 7.82. The smallest absolute Gasteiger partial charge is 0.131 e. The largest absolute Gasteiger partial charge is 0.350 e. The summed E-state index contributed by atoms with van der Waals surface area (Å²) in [5, 5.41) is 7.49. The lowest BCUT2D eigenvalue weighted by molar-refractivity contribution is 0.409. The van der Waals surface area contributed by atoms with E-state index in [1.807, 2.05) is 0 Å². The molecule has 51 heavy (non-hydrogen) atoms. The maximum absolute atomic E-state index is 5.29.